The molecular weight excluding hydrogens is 551 g/mol. The number of fused-ring (bicyclic) bond motifs is 2. The van der Waals surface area contributed by atoms with Gasteiger partial charge in [-0.05, 0) is 24.7 Å². The molecule has 0 spiro atoms. The summed E-state index contributed by atoms with van der Waals surface area (Å²) in [5, 5.41) is 5.68. The molecule has 4 rings (SSSR count). The van der Waals surface area contributed by atoms with Gasteiger partial charge in [-0.3, -0.25) is 0 Å². The van der Waals surface area contributed by atoms with Gasteiger partial charge in [0.25, 0.3) is 0 Å². The van der Waals surface area contributed by atoms with Gasteiger partial charge in [0.1, 0.15) is 0 Å². The van der Waals surface area contributed by atoms with E-state index in [1.54, 1.807) is 0 Å². The van der Waals surface area contributed by atoms with Crippen LogP contribution in [0.5, 0.6) is 0 Å². The van der Waals surface area contributed by atoms with Crippen molar-refractivity contribution in [3.8, 4) is 0 Å². The average Bonchev–Trinajstić information content (AvgIpc) is 3.45. The molecule has 0 aromatic heterocycles. The van der Waals surface area contributed by atoms with Crippen molar-refractivity contribution in [1.29, 1.82) is 0 Å². The first-order valence-corrected chi connectivity index (χ1v) is 20.5. The Kier molecular flexibility index (Phi) is 15.6. The number of aryl methyl sites for hydroxylation is 2. The van der Waals surface area contributed by atoms with E-state index in [2.05, 4.69) is 115 Å². The molecule has 0 amide bonds. The third kappa shape index (κ3) is 9.42. The SMILES string of the molecule is CCc1cccc2[cH-]c(C(C)C)cc12.CCc1cccc2[cH-]c(C(C)C)cc12.C[Si]C.[Cl][Zr+2][Cl]. The summed E-state index contributed by atoms with van der Waals surface area (Å²) in [4.78, 5) is 0. The van der Waals surface area contributed by atoms with E-state index in [-0.39, 0.29) is 0 Å². The number of rotatable bonds is 4. The van der Waals surface area contributed by atoms with Gasteiger partial charge < -0.3 is 0 Å². The van der Waals surface area contributed by atoms with Gasteiger partial charge in [0.15, 0.2) is 0 Å². The molecule has 0 saturated carbocycles. The van der Waals surface area contributed by atoms with E-state index in [1.807, 2.05) is 0 Å². The van der Waals surface area contributed by atoms with Gasteiger partial charge in [-0.2, -0.15) is 12.1 Å². The zero-order chi connectivity index (χ0) is 25.7. The Hall–Kier alpha value is -0.660. The fourth-order valence-corrected chi connectivity index (χ4v) is 3.93. The van der Waals surface area contributed by atoms with Crippen molar-refractivity contribution in [3.63, 3.8) is 0 Å². The van der Waals surface area contributed by atoms with E-state index in [9.17, 15) is 0 Å². The van der Waals surface area contributed by atoms with Gasteiger partial charge in [-0.25, -0.2) is 0 Å². The van der Waals surface area contributed by atoms with Gasteiger partial charge in [0.2, 0.25) is 0 Å². The van der Waals surface area contributed by atoms with Gasteiger partial charge in [0.05, 0.1) is 0 Å². The third-order valence-corrected chi connectivity index (χ3v) is 5.82. The van der Waals surface area contributed by atoms with E-state index in [0.29, 0.717) is 11.8 Å². The van der Waals surface area contributed by atoms with E-state index < -0.39 is 20.8 Å². The molecule has 0 nitrogen and oxygen atoms in total. The monoisotopic (exact) mass is 588 g/mol. The Balaban J connectivity index is 0.000000277. The molecule has 0 unspecified atom stereocenters. The Morgan fingerprint density at radius 3 is 1.32 bits per heavy atom. The van der Waals surface area contributed by atoms with Gasteiger partial charge in [-0.15, -0.1) is 69.1 Å². The first-order chi connectivity index (χ1) is 16.3. The second-order valence-electron chi connectivity index (χ2n) is 9.01. The summed E-state index contributed by atoms with van der Waals surface area (Å²) < 4.78 is 0. The normalized spacial score (nSPS) is 10.2. The second-order valence-corrected chi connectivity index (χ2v) is 13.7. The van der Waals surface area contributed by atoms with E-state index in [4.69, 9.17) is 17.0 Å². The molecule has 4 aromatic rings. The quantitative estimate of drug-likeness (QED) is 0.164. The summed E-state index contributed by atoms with van der Waals surface area (Å²) in [5.41, 5.74) is 5.85. The van der Waals surface area contributed by atoms with Crippen LogP contribution in [0, 0.1) is 0 Å². The van der Waals surface area contributed by atoms with Gasteiger partial charge >= 0.3 is 37.9 Å². The second kappa shape index (κ2) is 16.9. The summed E-state index contributed by atoms with van der Waals surface area (Å²) >= 11 is -0.826. The van der Waals surface area contributed by atoms with Crippen LogP contribution in [0.25, 0.3) is 21.5 Å². The third-order valence-electron chi connectivity index (χ3n) is 5.82. The minimum absolute atomic E-state index is 0.632. The molecule has 0 aliphatic carbocycles. The van der Waals surface area contributed by atoms with Crippen molar-refractivity contribution in [3.05, 3.63) is 82.9 Å². The van der Waals surface area contributed by atoms with Crippen LogP contribution in [-0.2, 0) is 33.7 Å². The van der Waals surface area contributed by atoms with Gasteiger partial charge in [-0.1, -0.05) is 77.9 Å². The van der Waals surface area contributed by atoms with Crippen molar-refractivity contribution >= 4 is 48.1 Å². The molecule has 0 bridgehead atoms. The van der Waals surface area contributed by atoms with Crippen LogP contribution < -0.4 is 0 Å². The number of hydrogen-bond donors (Lipinski definition) is 0. The maximum atomic E-state index is 4.93. The first-order valence-electron chi connectivity index (χ1n) is 12.2. The number of hydrogen-bond acceptors (Lipinski definition) is 0. The van der Waals surface area contributed by atoms with E-state index in [1.165, 1.54) is 43.8 Å². The van der Waals surface area contributed by atoms with Crippen LogP contribution in [0.3, 0.4) is 0 Å². The Labute approximate surface area is 229 Å². The molecule has 0 aliphatic heterocycles. The average molecular weight is 591 g/mol. The maximum absolute atomic E-state index is 4.93. The molecule has 182 valence electrons. The van der Waals surface area contributed by atoms with Crippen molar-refractivity contribution in [2.45, 2.75) is 79.3 Å². The molecule has 0 heterocycles. The van der Waals surface area contributed by atoms with Crippen molar-refractivity contribution in [2.24, 2.45) is 0 Å². The van der Waals surface area contributed by atoms with Crippen LogP contribution >= 0.6 is 17.0 Å². The standard InChI is InChI=1S/2C14H17.C2H6Si.2ClH.Zr/c2*1-4-11-6-5-7-12-8-13(10(2)3)9-14(11)12;1-3-2;;;/h2*5-10H,4H2,1-3H3;1-2H3;2*1H;/q2*-1;;;;+4/p-2. The molecule has 4 aromatic carbocycles. The summed E-state index contributed by atoms with van der Waals surface area (Å²) in [6.07, 6.45) is 2.25. The summed E-state index contributed by atoms with van der Waals surface area (Å²) in [7, 11) is 11.0. The van der Waals surface area contributed by atoms with Crippen molar-refractivity contribution in [2.75, 3.05) is 0 Å². The molecule has 0 saturated heterocycles. The molecule has 34 heavy (non-hydrogen) atoms. The minimum atomic E-state index is -0.826. The van der Waals surface area contributed by atoms with Crippen LogP contribution in [0.1, 0.15) is 75.6 Å². The Bertz CT molecular complexity index is 1000. The fraction of sp³-hybridized carbons (Fsp3) is 0.400. The zero-order valence-corrected chi connectivity index (χ0v) is 27.1. The van der Waals surface area contributed by atoms with Crippen LogP contribution in [-0.4, -0.2) is 9.52 Å². The molecule has 0 fully saturated rings. The zero-order valence-electron chi connectivity index (χ0n) is 22.1. The molecule has 0 atom stereocenters. The number of benzene rings is 2. The first kappa shape index (κ1) is 31.4. The Morgan fingerprint density at radius 1 is 0.735 bits per heavy atom. The van der Waals surface area contributed by atoms with Crippen molar-refractivity contribution < 1.29 is 20.8 Å². The molecule has 0 aliphatic rings. The van der Waals surface area contributed by atoms with Crippen LogP contribution in [0.15, 0.2) is 60.7 Å². The topological polar surface area (TPSA) is 0 Å². The summed E-state index contributed by atoms with van der Waals surface area (Å²) in [6.45, 7) is 17.7. The van der Waals surface area contributed by atoms with Crippen LogP contribution in [0.4, 0.5) is 0 Å². The molecule has 0 N–H and O–H groups in total. The number of halogens is 2. The van der Waals surface area contributed by atoms with Crippen molar-refractivity contribution in [1.82, 2.24) is 0 Å². The van der Waals surface area contributed by atoms with E-state index >= 15 is 0 Å². The predicted molar refractivity (Wildman–Crippen MR) is 155 cm³/mol. The summed E-state index contributed by atoms with van der Waals surface area (Å²) in [6, 6.07) is 22.5. The molecular formula is C30H40Cl2SiZr. The van der Waals surface area contributed by atoms with E-state index in [0.717, 1.165) is 22.4 Å². The Morgan fingerprint density at radius 2 is 1.06 bits per heavy atom. The molecule has 4 heteroatoms. The predicted octanol–water partition coefficient (Wildman–Crippen LogP) is 10.7. The molecule has 2 radical (unpaired) electrons. The summed E-state index contributed by atoms with van der Waals surface area (Å²) in [5.74, 6) is 1.26. The van der Waals surface area contributed by atoms with Crippen LogP contribution in [0.2, 0.25) is 13.1 Å². The van der Waals surface area contributed by atoms with Gasteiger partial charge in [0, 0.05) is 9.52 Å². The fourth-order valence-electron chi connectivity index (χ4n) is 3.93.